The zero-order valence-corrected chi connectivity index (χ0v) is 16.1. The molecule has 6 nitrogen and oxygen atoms in total. The largest absolute Gasteiger partial charge is 0.454 e. The van der Waals surface area contributed by atoms with Crippen LogP contribution < -0.4 is 19.3 Å². The first-order valence-corrected chi connectivity index (χ1v) is 9.81. The van der Waals surface area contributed by atoms with Crippen molar-refractivity contribution in [3.05, 3.63) is 47.3 Å². The summed E-state index contributed by atoms with van der Waals surface area (Å²) >= 11 is 0. The third kappa shape index (κ3) is 3.01. The van der Waals surface area contributed by atoms with Crippen LogP contribution >= 0.6 is 0 Å². The Morgan fingerprint density at radius 1 is 1.17 bits per heavy atom. The van der Waals surface area contributed by atoms with Crippen molar-refractivity contribution in [3.8, 4) is 11.5 Å². The standard InChI is InChI=1S/C22H21FN2O4/c1-13-7-14-3-2-6-24(21(14)17(23)8-13)22(27)15-9-20(26)25(11-15)16-4-5-18-19(10-16)29-12-28-18/h4-5,7-8,10,15H,2-3,6,9,11-12H2,1H3. The van der Waals surface area contributed by atoms with Gasteiger partial charge in [0, 0.05) is 31.3 Å². The van der Waals surface area contributed by atoms with Crippen LogP contribution in [0.2, 0.25) is 0 Å². The number of fused-ring (bicyclic) bond motifs is 2. The predicted molar refractivity (Wildman–Crippen MR) is 105 cm³/mol. The molecule has 7 heteroatoms. The van der Waals surface area contributed by atoms with Crippen molar-refractivity contribution in [2.75, 3.05) is 29.7 Å². The number of aryl methyl sites for hydroxylation is 2. The second-order valence-corrected chi connectivity index (χ2v) is 7.79. The first-order valence-electron chi connectivity index (χ1n) is 9.81. The van der Waals surface area contributed by atoms with Gasteiger partial charge in [-0.3, -0.25) is 9.59 Å². The van der Waals surface area contributed by atoms with Gasteiger partial charge in [-0.1, -0.05) is 6.07 Å². The van der Waals surface area contributed by atoms with Crippen molar-refractivity contribution < 1.29 is 23.5 Å². The molecule has 5 rings (SSSR count). The summed E-state index contributed by atoms with van der Waals surface area (Å²) in [5, 5.41) is 0. The maximum Gasteiger partial charge on any atom is 0.232 e. The van der Waals surface area contributed by atoms with Crippen molar-refractivity contribution in [1.29, 1.82) is 0 Å². The van der Waals surface area contributed by atoms with Crippen molar-refractivity contribution in [2.45, 2.75) is 26.2 Å². The molecule has 1 atom stereocenters. The van der Waals surface area contributed by atoms with Gasteiger partial charge >= 0.3 is 0 Å². The first-order chi connectivity index (χ1) is 14.0. The molecule has 3 aliphatic heterocycles. The van der Waals surface area contributed by atoms with E-state index < -0.39 is 5.92 Å². The minimum absolute atomic E-state index is 0.118. The SMILES string of the molecule is Cc1cc(F)c2c(c1)CCCN2C(=O)C1CC(=O)N(c2ccc3c(c2)OCO3)C1. The maximum atomic E-state index is 14.7. The summed E-state index contributed by atoms with van der Waals surface area (Å²) in [4.78, 5) is 29.0. The molecule has 0 radical (unpaired) electrons. The van der Waals surface area contributed by atoms with E-state index in [-0.39, 0.29) is 37.4 Å². The van der Waals surface area contributed by atoms with Crippen LogP contribution in [0.25, 0.3) is 0 Å². The molecule has 2 amide bonds. The van der Waals surface area contributed by atoms with Gasteiger partial charge in [0.2, 0.25) is 18.6 Å². The number of anilines is 2. The number of amides is 2. The van der Waals surface area contributed by atoms with Crippen LogP contribution in [0.1, 0.15) is 24.0 Å². The molecule has 1 fully saturated rings. The van der Waals surface area contributed by atoms with Gasteiger partial charge in [0.25, 0.3) is 0 Å². The second-order valence-electron chi connectivity index (χ2n) is 7.79. The molecule has 0 N–H and O–H groups in total. The highest BCUT2D eigenvalue weighted by Gasteiger charge is 2.39. The van der Waals surface area contributed by atoms with Crippen LogP contribution in [0.15, 0.2) is 30.3 Å². The number of halogens is 1. The minimum atomic E-state index is -0.500. The third-order valence-corrected chi connectivity index (χ3v) is 5.79. The van der Waals surface area contributed by atoms with E-state index in [0.29, 0.717) is 29.4 Å². The summed E-state index contributed by atoms with van der Waals surface area (Å²) in [6.07, 6.45) is 1.66. The summed E-state index contributed by atoms with van der Waals surface area (Å²) in [5.41, 5.74) is 2.76. The predicted octanol–water partition coefficient (Wildman–Crippen LogP) is 3.20. The Labute approximate surface area is 167 Å². The van der Waals surface area contributed by atoms with Gasteiger partial charge in [0.05, 0.1) is 11.6 Å². The van der Waals surface area contributed by atoms with Crippen molar-refractivity contribution >= 4 is 23.2 Å². The molecule has 0 bridgehead atoms. The molecule has 0 aliphatic carbocycles. The lowest BCUT2D eigenvalue weighted by Gasteiger charge is -2.32. The number of ether oxygens (including phenoxy) is 2. The van der Waals surface area contributed by atoms with Gasteiger partial charge in [-0.05, 0) is 49.1 Å². The number of rotatable bonds is 2. The Bertz CT molecular complexity index is 1020. The normalized spacial score (nSPS) is 20.2. The van der Waals surface area contributed by atoms with E-state index >= 15 is 0 Å². The zero-order chi connectivity index (χ0) is 20.1. The number of nitrogens with zero attached hydrogens (tertiary/aromatic N) is 2. The molecule has 2 aromatic carbocycles. The Kier molecular flexibility index (Phi) is 4.19. The molecule has 29 heavy (non-hydrogen) atoms. The number of hydrogen-bond donors (Lipinski definition) is 0. The molecule has 0 saturated carbocycles. The van der Waals surface area contributed by atoms with Gasteiger partial charge in [0.1, 0.15) is 5.82 Å². The highest BCUT2D eigenvalue weighted by molar-refractivity contribution is 6.05. The van der Waals surface area contributed by atoms with Crippen LogP contribution in [0.4, 0.5) is 15.8 Å². The molecule has 1 unspecified atom stereocenters. The summed E-state index contributed by atoms with van der Waals surface area (Å²) in [6.45, 7) is 2.76. The molecule has 3 aliphatic rings. The summed E-state index contributed by atoms with van der Waals surface area (Å²) < 4.78 is 25.4. The van der Waals surface area contributed by atoms with Crippen LogP contribution in [0.5, 0.6) is 11.5 Å². The Morgan fingerprint density at radius 2 is 2.00 bits per heavy atom. The fraction of sp³-hybridized carbons (Fsp3) is 0.364. The Morgan fingerprint density at radius 3 is 2.86 bits per heavy atom. The van der Waals surface area contributed by atoms with Gasteiger partial charge < -0.3 is 19.3 Å². The van der Waals surface area contributed by atoms with Gasteiger partial charge in [0.15, 0.2) is 11.5 Å². The first kappa shape index (κ1) is 18.0. The molecule has 0 aromatic heterocycles. The van der Waals surface area contributed by atoms with E-state index in [1.807, 2.05) is 13.0 Å². The quantitative estimate of drug-likeness (QED) is 0.782. The average Bonchev–Trinajstić information content (AvgIpc) is 3.32. The minimum Gasteiger partial charge on any atom is -0.454 e. The van der Waals surface area contributed by atoms with Crippen LogP contribution in [0.3, 0.4) is 0 Å². The van der Waals surface area contributed by atoms with Crippen molar-refractivity contribution in [3.63, 3.8) is 0 Å². The number of carbonyl (C=O) groups excluding carboxylic acids is 2. The van der Waals surface area contributed by atoms with E-state index in [2.05, 4.69) is 0 Å². The lowest BCUT2D eigenvalue weighted by atomic mass is 9.97. The fourth-order valence-electron chi connectivity index (χ4n) is 4.46. The van der Waals surface area contributed by atoms with Gasteiger partial charge in [-0.2, -0.15) is 0 Å². The Hall–Kier alpha value is -3.09. The van der Waals surface area contributed by atoms with E-state index in [9.17, 15) is 14.0 Å². The van der Waals surface area contributed by atoms with Crippen LogP contribution in [-0.4, -0.2) is 31.7 Å². The summed E-state index contributed by atoms with van der Waals surface area (Å²) in [5.74, 6) is 0.0508. The summed E-state index contributed by atoms with van der Waals surface area (Å²) in [6, 6.07) is 8.71. The average molecular weight is 396 g/mol. The lowest BCUT2D eigenvalue weighted by Crippen LogP contribution is -2.41. The third-order valence-electron chi connectivity index (χ3n) is 5.79. The molecule has 1 saturated heterocycles. The number of benzene rings is 2. The van der Waals surface area contributed by atoms with E-state index in [1.54, 1.807) is 23.1 Å². The van der Waals surface area contributed by atoms with Crippen LogP contribution in [0, 0.1) is 18.7 Å². The smallest absolute Gasteiger partial charge is 0.232 e. The van der Waals surface area contributed by atoms with E-state index in [1.165, 1.54) is 11.0 Å². The molecule has 0 spiro atoms. The van der Waals surface area contributed by atoms with Crippen LogP contribution in [-0.2, 0) is 16.0 Å². The van der Waals surface area contributed by atoms with Gasteiger partial charge in [-0.25, -0.2) is 4.39 Å². The summed E-state index contributed by atoms with van der Waals surface area (Å²) in [7, 11) is 0. The highest BCUT2D eigenvalue weighted by Crippen LogP contribution is 2.38. The molecular weight excluding hydrogens is 375 g/mol. The number of hydrogen-bond acceptors (Lipinski definition) is 4. The molecule has 2 aromatic rings. The topological polar surface area (TPSA) is 59.1 Å². The molecule has 3 heterocycles. The zero-order valence-electron chi connectivity index (χ0n) is 16.1. The molecular formula is C22H21FN2O4. The molecule has 150 valence electrons. The second kappa shape index (κ2) is 6.76. The monoisotopic (exact) mass is 396 g/mol. The lowest BCUT2D eigenvalue weighted by molar-refractivity contribution is -0.124. The highest BCUT2D eigenvalue weighted by atomic mass is 19.1. The Balaban J connectivity index is 1.39. The van der Waals surface area contributed by atoms with Crippen molar-refractivity contribution in [2.24, 2.45) is 5.92 Å². The maximum absolute atomic E-state index is 14.7. The van der Waals surface area contributed by atoms with Crippen molar-refractivity contribution in [1.82, 2.24) is 0 Å². The van der Waals surface area contributed by atoms with E-state index in [4.69, 9.17) is 9.47 Å². The van der Waals surface area contributed by atoms with E-state index in [0.717, 1.165) is 24.0 Å². The van der Waals surface area contributed by atoms with Gasteiger partial charge in [-0.15, -0.1) is 0 Å². The fourth-order valence-corrected chi connectivity index (χ4v) is 4.46. The number of carbonyl (C=O) groups is 2.